The predicted molar refractivity (Wildman–Crippen MR) is 119 cm³/mol. The molecule has 2 aromatic carbocycles. The fourth-order valence-corrected chi connectivity index (χ4v) is 4.19. The van der Waals surface area contributed by atoms with Crippen molar-refractivity contribution < 1.29 is 26.9 Å². The van der Waals surface area contributed by atoms with Crippen LogP contribution in [0.15, 0.2) is 57.0 Å². The summed E-state index contributed by atoms with van der Waals surface area (Å²) >= 11 is 2.10. The number of rotatable bonds is 9. The van der Waals surface area contributed by atoms with Crippen molar-refractivity contribution in [3.8, 4) is 5.75 Å². The molecule has 0 saturated carbocycles. The van der Waals surface area contributed by atoms with E-state index >= 15 is 0 Å². The third-order valence-corrected chi connectivity index (χ3v) is 6.29. The molecular formula is C21H23IO6S. The summed E-state index contributed by atoms with van der Waals surface area (Å²) in [6, 6.07) is 13.7. The standard InChI is InChI=1S/C21H23IO6S/c1-15-6-12-19(13-7-15)29(24,25)27-14-4-5-20(22)21(28-16(2)23)17-8-10-18(26-3)11-9-17/h6-13H,4-5,14H2,1-3H3/b21-20+. The van der Waals surface area contributed by atoms with Crippen LogP contribution in [-0.4, -0.2) is 28.1 Å². The molecule has 0 heterocycles. The Bertz CT molecular complexity index is 963. The molecule has 0 unspecified atom stereocenters. The Hall–Kier alpha value is -1.91. The van der Waals surface area contributed by atoms with Crippen LogP contribution in [0, 0.1) is 6.92 Å². The Labute approximate surface area is 185 Å². The minimum absolute atomic E-state index is 0.0265. The van der Waals surface area contributed by atoms with E-state index in [1.807, 2.05) is 6.92 Å². The van der Waals surface area contributed by atoms with E-state index in [-0.39, 0.29) is 11.5 Å². The largest absolute Gasteiger partial charge is 0.497 e. The third-order valence-electron chi connectivity index (χ3n) is 3.93. The highest BCUT2D eigenvalue weighted by molar-refractivity contribution is 14.1. The first-order valence-electron chi connectivity index (χ1n) is 8.90. The average molecular weight is 530 g/mol. The van der Waals surface area contributed by atoms with Crippen molar-refractivity contribution in [2.75, 3.05) is 13.7 Å². The number of benzene rings is 2. The Kier molecular flexibility index (Phi) is 8.66. The molecule has 0 spiro atoms. The van der Waals surface area contributed by atoms with E-state index in [0.717, 1.165) is 14.7 Å². The van der Waals surface area contributed by atoms with Crippen molar-refractivity contribution in [3.05, 3.63) is 63.2 Å². The molecule has 0 bridgehead atoms. The minimum Gasteiger partial charge on any atom is -0.497 e. The van der Waals surface area contributed by atoms with Gasteiger partial charge in [-0.1, -0.05) is 17.7 Å². The Morgan fingerprint density at radius 1 is 1.03 bits per heavy atom. The molecule has 0 N–H and O–H groups in total. The Morgan fingerprint density at radius 3 is 2.21 bits per heavy atom. The van der Waals surface area contributed by atoms with Crippen molar-refractivity contribution in [2.45, 2.75) is 31.6 Å². The second-order valence-electron chi connectivity index (χ2n) is 6.25. The van der Waals surface area contributed by atoms with Gasteiger partial charge in [0, 0.05) is 16.1 Å². The van der Waals surface area contributed by atoms with E-state index in [1.165, 1.54) is 19.1 Å². The molecular weight excluding hydrogens is 507 g/mol. The van der Waals surface area contributed by atoms with E-state index in [1.54, 1.807) is 43.5 Å². The number of hydrogen-bond donors (Lipinski definition) is 0. The summed E-state index contributed by atoms with van der Waals surface area (Å²) in [6.45, 7) is 3.25. The van der Waals surface area contributed by atoms with Gasteiger partial charge in [0.2, 0.25) is 0 Å². The van der Waals surface area contributed by atoms with Crippen LogP contribution in [0.2, 0.25) is 0 Å². The fraction of sp³-hybridized carbons (Fsp3) is 0.286. The minimum atomic E-state index is -3.79. The van der Waals surface area contributed by atoms with Crippen molar-refractivity contribution in [2.24, 2.45) is 0 Å². The van der Waals surface area contributed by atoms with Gasteiger partial charge >= 0.3 is 5.97 Å². The molecule has 0 aliphatic rings. The highest BCUT2D eigenvalue weighted by Crippen LogP contribution is 2.29. The molecule has 0 aliphatic carbocycles. The van der Waals surface area contributed by atoms with Crippen LogP contribution in [-0.2, 0) is 23.8 Å². The number of aryl methyl sites for hydroxylation is 1. The first kappa shape index (κ1) is 23.4. The zero-order chi connectivity index (χ0) is 21.4. The number of allylic oxidation sites excluding steroid dienone is 1. The van der Waals surface area contributed by atoms with Gasteiger partial charge in [-0.25, -0.2) is 0 Å². The van der Waals surface area contributed by atoms with Crippen LogP contribution in [0.4, 0.5) is 0 Å². The van der Waals surface area contributed by atoms with Gasteiger partial charge in [-0.05, 0) is 78.8 Å². The molecule has 0 aromatic heterocycles. The molecule has 6 nitrogen and oxygen atoms in total. The molecule has 2 rings (SSSR count). The zero-order valence-electron chi connectivity index (χ0n) is 16.5. The van der Waals surface area contributed by atoms with E-state index in [2.05, 4.69) is 22.6 Å². The van der Waals surface area contributed by atoms with Gasteiger partial charge in [-0.2, -0.15) is 8.42 Å². The van der Waals surface area contributed by atoms with Gasteiger partial charge in [0.15, 0.2) is 0 Å². The summed E-state index contributed by atoms with van der Waals surface area (Å²) in [5, 5.41) is 0. The van der Waals surface area contributed by atoms with E-state index in [0.29, 0.717) is 24.4 Å². The van der Waals surface area contributed by atoms with Gasteiger partial charge in [0.05, 0.1) is 18.6 Å². The predicted octanol–water partition coefficient (Wildman–Crippen LogP) is 4.86. The summed E-state index contributed by atoms with van der Waals surface area (Å²) in [5.74, 6) is 0.714. The van der Waals surface area contributed by atoms with Crippen LogP contribution < -0.4 is 4.74 Å². The van der Waals surface area contributed by atoms with Gasteiger partial charge in [0.1, 0.15) is 11.5 Å². The molecule has 8 heteroatoms. The lowest BCUT2D eigenvalue weighted by Crippen LogP contribution is -2.08. The van der Waals surface area contributed by atoms with Crippen LogP contribution in [0.3, 0.4) is 0 Å². The smallest absolute Gasteiger partial charge is 0.308 e. The summed E-state index contributed by atoms with van der Waals surface area (Å²) in [5.41, 5.74) is 1.71. The molecule has 2 aromatic rings. The SMILES string of the molecule is COc1ccc(/C(OC(C)=O)=C(\I)CCCOS(=O)(=O)c2ccc(C)cc2)cc1. The molecule has 0 saturated heterocycles. The average Bonchev–Trinajstić information content (AvgIpc) is 2.69. The lowest BCUT2D eigenvalue weighted by atomic mass is 10.1. The van der Waals surface area contributed by atoms with Gasteiger partial charge < -0.3 is 9.47 Å². The van der Waals surface area contributed by atoms with Gasteiger partial charge in [-0.15, -0.1) is 0 Å². The molecule has 0 amide bonds. The zero-order valence-corrected chi connectivity index (χ0v) is 19.4. The van der Waals surface area contributed by atoms with Crippen molar-refractivity contribution >= 4 is 44.4 Å². The normalized spacial score (nSPS) is 12.3. The number of hydrogen-bond acceptors (Lipinski definition) is 6. The van der Waals surface area contributed by atoms with Gasteiger partial charge in [0.25, 0.3) is 10.1 Å². The maximum absolute atomic E-state index is 12.2. The van der Waals surface area contributed by atoms with Crippen LogP contribution in [0.1, 0.15) is 30.9 Å². The molecule has 0 fully saturated rings. The molecule has 0 atom stereocenters. The summed E-state index contributed by atoms with van der Waals surface area (Å²) in [4.78, 5) is 11.6. The highest BCUT2D eigenvalue weighted by atomic mass is 127. The number of carbonyl (C=O) groups excluding carboxylic acids is 1. The Morgan fingerprint density at radius 2 is 1.66 bits per heavy atom. The summed E-state index contributed by atoms with van der Waals surface area (Å²) in [7, 11) is -2.22. The molecule has 29 heavy (non-hydrogen) atoms. The lowest BCUT2D eigenvalue weighted by molar-refractivity contribution is -0.134. The number of methoxy groups -OCH3 is 1. The molecule has 0 radical (unpaired) electrons. The number of halogens is 1. The van der Waals surface area contributed by atoms with Gasteiger partial charge in [-0.3, -0.25) is 8.98 Å². The second kappa shape index (κ2) is 10.7. The highest BCUT2D eigenvalue weighted by Gasteiger charge is 2.16. The fourth-order valence-electron chi connectivity index (χ4n) is 2.44. The topological polar surface area (TPSA) is 78.9 Å². The van der Waals surface area contributed by atoms with E-state index in [4.69, 9.17) is 13.7 Å². The monoisotopic (exact) mass is 530 g/mol. The number of esters is 1. The van der Waals surface area contributed by atoms with E-state index < -0.39 is 16.1 Å². The van der Waals surface area contributed by atoms with Crippen molar-refractivity contribution in [1.29, 1.82) is 0 Å². The molecule has 156 valence electrons. The van der Waals surface area contributed by atoms with Crippen LogP contribution in [0.5, 0.6) is 5.75 Å². The summed E-state index contributed by atoms with van der Waals surface area (Å²) < 4.78 is 40.9. The quantitative estimate of drug-likeness (QED) is 0.152. The van der Waals surface area contributed by atoms with Crippen molar-refractivity contribution in [1.82, 2.24) is 0 Å². The number of carbonyl (C=O) groups is 1. The Balaban J connectivity index is 2.04. The maximum Gasteiger partial charge on any atom is 0.308 e. The lowest BCUT2D eigenvalue weighted by Gasteiger charge is -2.12. The molecule has 0 aliphatic heterocycles. The first-order chi connectivity index (χ1) is 13.7. The van der Waals surface area contributed by atoms with E-state index in [9.17, 15) is 13.2 Å². The van der Waals surface area contributed by atoms with Crippen LogP contribution >= 0.6 is 22.6 Å². The maximum atomic E-state index is 12.2. The third kappa shape index (κ3) is 7.13. The first-order valence-corrected chi connectivity index (χ1v) is 11.4. The van der Waals surface area contributed by atoms with Crippen molar-refractivity contribution in [3.63, 3.8) is 0 Å². The van der Waals surface area contributed by atoms with Crippen LogP contribution in [0.25, 0.3) is 5.76 Å². The summed E-state index contributed by atoms with van der Waals surface area (Å²) in [6.07, 6.45) is 0.947. The second-order valence-corrected chi connectivity index (χ2v) is 9.17. The number of ether oxygens (including phenoxy) is 2.